The molecule has 0 fully saturated rings. The quantitative estimate of drug-likeness (QED) is 0.673. The molecule has 0 spiro atoms. The minimum atomic E-state index is -0.205. The van der Waals surface area contributed by atoms with Gasteiger partial charge in [0.05, 0.1) is 23.3 Å². The van der Waals surface area contributed by atoms with Crippen molar-refractivity contribution >= 4 is 23.5 Å². The lowest BCUT2D eigenvalue weighted by Crippen LogP contribution is -2.19. The summed E-state index contributed by atoms with van der Waals surface area (Å²) >= 11 is 1.52. The SMILES string of the molecule is Cc1nc(CC(=O)N/N=C/c2cc(C)c(O)c(C)c2)cs1. The van der Waals surface area contributed by atoms with Crippen LogP contribution < -0.4 is 5.43 Å². The van der Waals surface area contributed by atoms with Crippen LogP contribution in [-0.4, -0.2) is 22.2 Å². The molecule has 1 amide bonds. The number of nitrogens with zero attached hydrogens (tertiary/aromatic N) is 2. The van der Waals surface area contributed by atoms with Crippen LogP contribution in [0.15, 0.2) is 22.6 Å². The van der Waals surface area contributed by atoms with Crippen LogP contribution in [0.25, 0.3) is 0 Å². The van der Waals surface area contributed by atoms with Crippen molar-refractivity contribution in [3.8, 4) is 5.75 Å². The van der Waals surface area contributed by atoms with E-state index in [1.165, 1.54) is 11.3 Å². The normalized spacial score (nSPS) is 11.0. The number of aryl methyl sites for hydroxylation is 3. The molecule has 0 aliphatic rings. The fourth-order valence-electron chi connectivity index (χ4n) is 1.94. The Morgan fingerprint density at radius 1 is 1.38 bits per heavy atom. The lowest BCUT2D eigenvalue weighted by molar-refractivity contribution is -0.120. The molecule has 2 N–H and O–H groups in total. The Hall–Kier alpha value is -2.21. The van der Waals surface area contributed by atoms with Crippen molar-refractivity contribution in [3.63, 3.8) is 0 Å². The van der Waals surface area contributed by atoms with Crippen molar-refractivity contribution in [2.75, 3.05) is 0 Å². The highest BCUT2D eigenvalue weighted by molar-refractivity contribution is 7.09. The van der Waals surface area contributed by atoms with Crippen LogP contribution in [0.1, 0.15) is 27.4 Å². The van der Waals surface area contributed by atoms with E-state index in [4.69, 9.17) is 0 Å². The molecule has 5 nitrogen and oxygen atoms in total. The molecular formula is C15H17N3O2S. The maximum absolute atomic E-state index is 11.7. The Morgan fingerprint density at radius 2 is 2.05 bits per heavy atom. The van der Waals surface area contributed by atoms with Gasteiger partial charge in [0.1, 0.15) is 5.75 Å². The predicted molar refractivity (Wildman–Crippen MR) is 83.9 cm³/mol. The van der Waals surface area contributed by atoms with Crippen molar-refractivity contribution in [1.82, 2.24) is 10.4 Å². The standard InChI is InChI=1S/C15H17N3O2S/c1-9-4-12(5-10(2)15(9)20)7-16-18-14(19)6-13-8-21-11(3)17-13/h4-5,7-8,20H,6H2,1-3H3,(H,18,19)/b16-7+. The lowest BCUT2D eigenvalue weighted by atomic mass is 10.1. The smallest absolute Gasteiger partial charge is 0.246 e. The number of phenolic OH excluding ortho intramolecular Hbond substituents is 1. The summed E-state index contributed by atoms with van der Waals surface area (Å²) in [5.74, 6) is 0.0823. The second-order valence-electron chi connectivity index (χ2n) is 4.83. The molecule has 0 saturated carbocycles. The first-order valence-corrected chi connectivity index (χ1v) is 7.37. The second-order valence-corrected chi connectivity index (χ2v) is 5.89. The van der Waals surface area contributed by atoms with Crippen molar-refractivity contribution in [2.45, 2.75) is 27.2 Å². The molecule has 0 bridgehead atoms. The van der Waals surface area contributed by atoms with Gasteiger partial charge in [-0.05, 0) is 49.6 Å². The number of hydrazone groups is 1. The van der Waals surface area contributed by atoms with Crippen LogP contribution in [0.4, 0.5) is 0 Å². The minimum Gasteiger partial charge on any atom is -0.507 e. The van der Waals surface area contributed by atoms with Crippen LogP contribution in [0.3, 0.4) is 0 Å². The summed E-state index contributed by atoms with van der Waals surface area (Å²) in [6, 6.07) is 3.61. The van der Waals surface area contributed by atoms with Gasteiger partial charge in [-0.3, -0.25) is 4.79 Å². The third-order valence-electron chi connectivity index (χ3n) is 2.92. The summed E-state index contributed by atoms with van der Waals surface area (Å²) in [6.07, 6.45) is 1.78. The maximum atomic E-state index is 11.7. The van der Waals surface area contributed by atoms with Crippen molar-refractivity contribution < 1.29 is 9.90 Å². The summed E-state index contributed by atoms with van der Waals surface area (Å²) in [5, 5.41) is 16.4. The molecule has 0 radical (unpaired) electrons. The fraction of sp³-hybridized carbons (Fsp3) is 0.267. The van der Waals surface area contributed by atoms with Gasteiger partial charge in [0.15, 0.2) is 0 Å². The molecule has 2 aromatic rings. The van der Waals surface area contributed by atoms with Gasteiger partial charge < -0.3 is 5.11 Å². The molecule has 2 rings (SSSR count). The van der Waals surface area contributed by atoms with Gasteiger partial charge in [-0.1, -0.05) is 0 Å². The molecule has 1 aromatic carbocycles. The topological polar surface area (TPSA) is 74.6 Å². The van der Waals surface area contributed by atoms with Gasteiger partial charge in [-0.2, -0.15) is 5.10 Å². The van der Waals surface area contributed by atoms with E-state index in [1.54, 1.807) is 6.21 Å². The van der Waals surface area contributed by atoms with E-state index < -0.39 is 0 Å². The third kappa shape index (κ3) is 4.13. The predicted octanol–water partition coefficient (Wildman–Crippen LogP) is 2.47. The van der Waals surface area contributed by atoms with E-state index in [0.717, 1.165) is 27.4 Å². The number of hydrogen-bond donors (Lipinski definition) is 2. The van der Waals surface area contributed by atoms with Crippen molar-refractivity contribution in [3.05, 3.63) is 44.9 Å². The maximum Gasteiger partial charge on any atom is 0.246 e. The highest BCUT2D eigenvalue weighted by Gasteiger charge is 2.05. The number of aromatic nitrogens is 1. The van der Waals surface area contributed by atoms with Gasteiger partial charge in [0, 0.05) is 5.38 Å². The monoisotopic (exact) mass is 303 g/mol. The molecule has 1 aromatic heterocycles. The van der Waals surface area contributed by atoms with Crippen LogP contribution in [0, 0.1) is 20.8 Å². The zero-order valence-electron chi connectivity index (χ0n) is 12.2. The summed E-state index contributed by atoms with van der Waals surface area (Å²) in [6.45, 7) is 5.55. The number of rotatable bonds is 4. The highest BCUT2D eigenvalue weighted by atomic mass is 32.1. The van der Waals surface area contributed by atoms with E-state index in [2.05, 4.69) is 15.5 Å². The largest absolute Gasteiger partial charge is 0.507 e. The number of carbonyl (C=O) groups excluding carboxylic acids is 1. The number of phenols is 1. The second kappa shape index (κ2) is 6.49. The molecule has 6 heteroatoms. The number of amides is 1. The van der Waals surface area contributed by atoms with Gasteiger partial charge in [-0.15, -0.1) is 11.3 Å². The lowest BCUT2D eigenvalue weighted by Gasteiger charge is -2.04. The molecule has 1 heterocycles. The first kappa shape index (κ1) is 15.2. The summed E-state index contributed by atoms with van der Waals surface area (Å²) in [5.41, 5.74) is 5.61. The van der Waals surface area contributed by atoms with E-state index in [0.29, 0.717) is 0 Å². The average molecular weight is 303 g/mol. The Bertz CT molecular complexity index is 669. The van der Waals surface area contributed by atoms with E-state index in [9.17, 15) is 9.90 Å². The first-order chi connectivity index (χ1) is 9.95. The number of benzene rings is 1. The minimum absolute atomic E-state index is 0.205. The molecule has 0 unspecified atom stereocenters. The van der Waals surface area contributed by atoms with Gasteiger partial charge >= 0.3 is 0 Å². The fourth-order valence-corrected chi connectivity index (χ4v) is 2.55. The molecular weight excluding hydrogens is 286 g/mol. The van der Waals surface area contributed by atoms with Gasteiger partial charge in [0.25, 0.3) is 0 Å². The highest BCUT2D eigenvalue weighted by Crippen LogP contribution is 2.21. The van der Waals surface area contributed by atoms with Crippen molar-refractivity contribution in [2.24, 2.45) is 5.10 Å². The summed E-state index contributed by atoms with van der Waals surface area (Å²) < 4.78 is 0. The Morgan fingerprint density at radius 3 is 2.62 bits per heavy atom. The molecule has 0 atom stereocenters. The zero-order chi connectivity index (χ0) is 15.4. The number of nitrogens with one attached hydrogen (secondary N) is 1. The average Bonchev–Trinajstić information content (AvgIpc) is 2.81. The van der Waals surface area contributed by atoms with Gasteiger partial charge in [-0.25, -0.2) is 10.4 Å². The van der Waals surface area contributed by atoms with E-state index >= 15 is 0 Å². The first-order valence-electron chi connectivity index (χ1n) is 6.49. The van der Waals surface area contributed by atoms with E-state index in [-0.39, 0.29) is 18.1 Å². The van der Waals surface area contributed by atoms with Crippen LogP contribution in [0.2, 0.25) is 0 Å². The number of hydrogen-bond acceptors (Lipinski definition) is 5. The Labute approximate surface area is 127 Å². The van der Waals surface area contributed by atoms with Crippen LogP contribution >= 0.6 is 11.3 Å². The third-order valence-corrected chi connectivity index (χ3v) is 3.75. The molecule has 110 valence electrons. The molecule has 0 saturated heterocycles. The Kier molecular flexibility index (Phi) is 4.70. The summed E-state index contributed by atoms with van der Waals surface area (Å²) in [7, 11) is 0. The van der Waals surface area contributed by atoms with Crippen LogP contribution in [-0.2, 0) is 11.2 Å². The molecule has 0 aliphatic carbocycles. The van der Waals surface area contributed by atoms with Gasteiger partial charge in [0.2, 0.25) is 5.91 Å². The Balaban J connectivity index is 1.94. The number of aromatic hydroxyl groups is 1. The number of carbonyl (C=O) groups is 1. The zero-order valence-corrected chi connectivity index (χ0v) is 13.0. The number of thiazole rings is 1. The summed E-state index contributed by atoms with van der Waals surface area (Å²) in [4.78, 5) is 15.9. The van der Waals surface area contributed by atoms with Crippen LogP contribution in [0.5, 0.6) is 5.75 Å². The molecule has 0 aliphatic heterocycles. The van der Waals surface area contributed by atoms with E-state index in [1.807, 2.05) is 38.3 Å². The van der Waals surface area contributed by atoms with Crippen molar-refractivity contribution in [1.29, 1.82) is 0 Å². The molecule has 21 heavy (non-hydrogen) atoms.